The lowest BCUT2D eigenvalue weighted by molar-refractivity contribution is 0.196. The molecule has 6 heteroatoms. The maximum absolute atomic E-state index is 3.33. The van der Waals surface area contributed by atoms with Crippen LogP contribution in [0.25, 0.3) is 0 Å². The number of nitrogens with zero attached hydrogens (tertiary/aromatic N) is 2. The normalized spacial score (nSPS) is 15.1. The topological polar surface area (TPSA) is 42.6 Å². The van der Waals surface area contributed by atoms with E-state index in [1.54, 1.807) is 0 Å². The van der Waals surface area contributed by atoms with Crippen LogP contribution in [0.1, 0.15) is 41.5 Å². The molecular weight excluding hydrogens is 342 g/mol. The molecule has 160 valence electrons. The van der Waals surface area contributed by atoms with E-state index in [0.29, 0.717) is 6.04 Å². The standard InChI is InChI=1S/C7H16N2.C7H18N2.C6H15NS/c1-7(2)9-5-3-8-4-6-9;1-7(2)9(4)6-5-8-3;1-6(2)8-5-4-7-3/h7-8H,3-6H2,1-2H3;7-8H,5-6H2,1-4H3;6-7H,4-5H2,1-3H3. The molecule has 0 aromatic carbocycles. The van der Waals surface area contributed by atoms with E-state index in [-0.39, 0.29) is 0 Å². The fourth-order valence-electron chi connectivity index (χ4n) is 2.14. The van der Waals surface area contributed by atoms with Gasteiger partial charge in [-0.2, -0.15) is 11.8 Å². The van der Waals surface area contributed by atoms with Gasteiger partial charge in [0.2, 0.25) is 0 Å². The smallest absolute Gasteiger partial charge is 0.0110 e. The average Bonchev–Trinajstić information content (AvgIpc) is 2.61. The third kappa shape index (κ3) is 20.5. The predicted octanol–water partition coefficient (Wildman–Crippen LogP) is 2.19. The van der Waals surface area contributed by atoms with E-state index in [9.17, 15) is 0 Å². The Kier molecular flexibility index (Phi) is 21.7. The number of hydrogen-bond donors (Lipinski definition) is 3. The Morgan fingerprint density at radius 1 is 0.962 bits per heavy atom. The van der Waals surface area contributed by atoms with Crippen molar-refractivity contribution in [2.45, 2.75) is 58.9 Å². The average molecular weight is 392 g/mol. The minimum atomic E-state index is 0.665. The van der Waals surface area contributed by atoms with Gasteiger partial charge in [0.15, 0.2) is 0 Å². The minimum Gasteiger partial charge on any atom is -0.319 e. The van der Waals surface area contributed by atoms with E-state index in [1.807, 2.05) is 25.9 Å². The summed E-state index contributed by atoms with van der Waals surface area (Å²) in [4.78, 5) is 4.81. The molecule has 0 aliphatic carbocycles. The van der Waals surface area contributed by atoms with Crippen molar-refractivity contribution >= 4 is 11.8 Å². The molecule has 0 saturated carbocycles. The minimum absolute atomic E-state index is 0.665. The van der Waals surface area contributed by atoms with Crippen molar-refractivity contribution in [2.24, 2.45) is 0 Å². The number of piperazine rings is 1. The highest BCUT2D eigenvalue weighted by Gasteiger charge is 2.11. The number of thioether (sulfide) groups is 1. The molecule has 0 bridgehead atoms. The summed E-state index contributed by atoms with van der Waals surface area (Å²) in [6, 6.07) is 1.39. The van der Waals surface area contributed by atoms with E-state index in [0.717, 1.165) is 44.0 Å². The van der Waals surface area contributed by atoms with Gasteiger partial charge in [0.25, 0.3) is 0 Å². The van der Waals surface area contributed by atoms with E-state index < -0.39 is 0 Å². The van der Waals surface area contributed by atoms with Crippen LogP contribution in [-0.4, -0.2) is 99.8 Å². The Morgan fingerprint density at radius 3 is 1.85 bits per heavy atom. The highest BCUT2D eigenvalue weighted by Crippen LogP contribution is 2.06. The lowest BCUT2D eigenvalue weighted by atomic mass is 10.3. The Balaban J connectivity index is 0. The molecule has 1 heterocycles. The molecule has 0 unspecified atom stereocenters. The van der Waals surface area contributed by atoms with Crippen LogP contribution in [0.4, 0.5) is 0 Å². The lowest BCUT2D eigenvalue weighted by Crippen LogP contribution is -2.46. The second kappa shape index (κ2) is 19.9. The molecule has 0 aromatic heterocycles. The summed E-state index contributed by atoms with van der Waals surface area (Å²) in [6.07, 6.45) is 0. The summed E-state index contributed by atoms with van der Waals surface area (Å²) >= 11 is 1.99. The molecule has 1 aliphatic heterocycles. The van der Waals surface area contributed by atoms with E-state index in [1.165, 1.54) is 18.8 Å². The van der Waals surface area contributed by atoms with Gasteiger partial charge in [-0.05, 0) is 54.1 Å². The van der Waals surface area contributed by atoms with Crippen LogP contribution < -0.4 is 16.0 Å². The van der Waals surface area contributed by atoms with Gasteiger partial charge in [0, 0.05) is 63.6 Å². The molecule has 1 aliphatic rings. The molecule has 5 nitrogen and oxygen atoms in total. The zero-order valence-corrected chi connectivity index (χ0v) is 20.0. The Bertz CT molecular complexity index is 269. The monoisotopic (exact) mass is 391 g/mol. The van der Waals surface area contributed by atoms with Crippen LogP contribution >= 0.6 is 11.8 Å². The van der Waals surface area contributed by atoms with Crippen molar-refractivity contribution in [3.8, 4) is 0 Å². The summed E-state index contributed by atoms with van der Waals surface area (Å²) in [5.41, 5.74) is 0. The van der Waals surface area contributed by atoms with Crippen molar-refractivity contribution in [1.29, 1.82) is 0 Å². The van der Waals surface area contributed by atoms with Crippen LogP contribution in [0.3, 0.4) is 0 Å². The largest absolute Gasteiger partial charge is 0.319 e. The zero-order chi connectivity index (χ0) is 20.4. The summed E-state index contributed by atoms with van der Waals surface area (Å²) in [6.45, 7) is 21.5. The molecule has 0 radical (unpaired) electrons. The van der Waals surface area contributed by atoms with Crippen LogP contribution in [-0.2, 0) is 0 Å². The van der Waals surface area contributed by atoms with Crippen molar-refractivity contribution in [3.63, 3.8) is 0 Å². The summed E-state index contributed by atoms with van der Waals surface area (Å²) in [7, 11) is 6.11. The van der Waals surface area contributed by atoms with Crippen molar-refractivity contribution in [1.82, 2.24) is 25.8 Å². The first-order chi connectivity index (χ1) is 12.3. The number of likely N-dealkylation sites (N-methyl/N-ethyl adjacent to an activating group) is 2. The molecule has 1 saturated heterocycles. The van der Waals surface area contributed by atoms with Crippen LogP contribution in [0.2, 0.25) is 0 Å². The van der Waals surface area contributed by atoms with Gasteiger partial charge < -0.3 is 20.9 Å². The predicted molar refractivity (Wildman–Crippen MR) is 123 cm³/mol. The quantitative estimate of drug-likeness (QED) is 0.524. The highest BCUT2D eigenvalue weighted by molar-refractivity contribution is 7.99. The van der Waals surface area contributed by atoms with Crippen LogP contribution in [0.15, 0.2) is 0 Å². The summed E-state index contributed by atoms with van der Waals surface area (Å²) < 4.78 is 0. The first-order valence-corrected chi connectivity index (χ1v) is 11.4. The van der Waals surface area contributed by atoms with Crippen molar-refractivity contribution in [2.75, 3.05) is 72.7 Å². The Labute approximate surface area is 169 Å². The van der Waals surface area contributed by atoms with Crippen LogP contribution in [0, 0.1) is 0 Å². The first-order valence-electron chi connectivity index (χ1n) is 10.3. The van der Waals surface area contributed by atoms with Crippen molar-refractivity contribution in [3.05, 3.63) is 0 Å². The molecule has 0 spiro atoms. The number of nitrogens with one attached hydrogen (secondary N) is 3. The van der Waals surface area contributed by atoms with E-state index in [2.05, 4.69) is 74.3 Å². The van der Waals surface area contributed by atoms with Gasteiger partial charge in [-0.1, -0.05) is 13.8 Å². The number of hydrogen-bond acceptors (Lipinski definition) is 6. The SMILES string of the molecule is CC(C)N1CCNCC1.CNCCN(C)C(C)C.CNCCSC(C)C. The van der Waals surface area contributed by atoms with Crippen LogP contribution in [0.5, 0.6) is 0 Å². The molecule has 0 aromatic rings. The van der Waals surface area contributed by atoms with Gasteiger partial charge in [-0.25, -0.2) is 0 Å². The van der Waals surface area contributed by atoms with Gasteiger partial charge in [0.1, 0.15) is 0 Å². The van der Waals surface area contributed by atoms with E-state index in [4.69, 9.17) is 0 Å². The molecule has 3 N–H and O–H groups in total. The third-order valence-electron chi connectivity index (χ3n) is 4.28. The fourth-order valence-corrected chi connectivity index (χ4v) is 2.93. The molecule has 0 amide bonds. The van der Waals surface area contributed by atoms with Gasteiger partial charge in [-0.3, -0.25) is 4.90 Å². The maximum atomic E-state index is 3.33. The fraction of sp³-hybridized carbons (Fsp3) is 1.00. The molecule has 26 heavy (non-hydrogen) atoms. The molecule has 0 atom stereocenters. The molecule has 1 fully saturated rings. The molecule has 1 rings (SSSR count). The maximum Gasteiger partial charge on any atom is 0.0110 e. The number of rotatable bonds is 9. The summed E-state index contributed by atoms with van der Waals surface area (Å²) in [5, 5.41) is 10.3. The second-order valence-electron chi connectivity index (χ2n) is 7.58. The summed E-state index contributed by atoms with van der Waals surface area (Å²) in [5.74, 6) is 1.23. The zero-order valence-electron chi connectivity index (χ0n) is 19.2. The van der Waals surface area contributed by atoms with E-state index >= 15 is 0 Å². The second-order valence-corrected chi connectivity index (χ2v) is 9.27. The Morgan fingerprint density at radius 2 is 1.50 bits per heavy atom. The van der Waals surface area contributed by atoms with Gasteiger partial charge in [0.05, 0.1) is 0 Å². The highest BCUT2D eigenvalue weighted by atomic mass is 32.2. The van der Waals surface area contributed by atoms with Gasteiger partial charge >= 0.3 is 0 Å². The third-order valence-corrected chi connectivity index (χ3v) is 5.39. The molecular formula is C20H49N5S. The lowest BCUT2D eigenvalue weighted by Gasteiger charge is -2.30. The van der Waals surface area contributed by atoms with Crippen molar-refractivity contribution < 1.29 is 0 Å². The Hall–Kier alpha value is 0.150. The van der Waals surface area contributed by atoms with Gasteiger partial charge in [-0.15, -0.1) is 0 Å². The first kappa shape index (κ1) is 28.4.